The summed E-state index contributed by atoms with van der Waals surface area (Å²) in [6.07, 6.45) is 0. The Balaban J connectivity index is 2.48. The number of hydrogen-bond donors (Lipinski definition) is 2. The van der Waals surface area contributed by atoms with Gasteiger partial charge in [0, 0.05) is 15.1 Å². The van der Waals surface area contributed by atoms with Gasteiger partial charge < -0.3 is 0 Å². The molecule has 2 aromatic carbocycles. The smallest absolute Gasteiger partial charge is 0.148 e. The van der Waals surface area contributed by atoms with E-state index in [2.05, 4.69) is 21.4 Å². The normalized spacial score (nSPS) is 12.5. The molecular formula is C13H10BrCl2FN2. The highest BCUT2D eigenvalue weighted by molar-refractivity contribution is 9.10. The second kappa shape index (κ2) is 6.20. The molecule has 0 saturated heterocycles. The molecule has 2 rings (SSSR count). The largest absolute Gasteiger partial charge is 0.271 e. The Bertz CT molecular complexity index is 590. The highest BCUT2D eigenvalue weighted by Crippen LogP contribution is 2.32. The van der Waals surface area contributed by atoms with Crippen LogP contribution in [0.2, 0.25) is 10.0 Å². The number of hydrazine groups is 1. The molecule has 0 bridgehead atoms. The van der Waals surface area contributed by atoms with Crippen molar-refractivity contribution < 1.29 is 4.39 Å². The average molecular weight is 364 g/mol. The first-order chi connectivity index (χ1) is 9.04. The van der Waals surface area contributed by atoms with Crippen LogP contribution in [0.3, 0.4) is 0 Å². The molecule has 100 valence electrons. The fourth-order valence-electron chi connectivity index (χ4n) is 1.78. The van der Waals surface area contributed by atoms with E-state index in [1.54, 1.807) is 36.4 Å². The summed E-state index contributed by atoms with van der Waals surface area (Å²) in [5.74, 6) is 5.02. The lowest BCUT2D eigenvalue weighted by Crippen LogP contribution is -2.29. The van der Waals surface area contributed by atoms with Gasteiger partial charge in [-0.2, -0.15) is 0 Å². The monoisotopic (exact) mass is 362 g/mol. The summed E-state index contributed by atoms with van der Waals surface area (Å²) in [6, 6.07) is 9.82. The van der Waals surface area contributed by atoms with Crippen molar-refractivity contribution >= 4 is 39.1 Å². The van der Waals surface area contributed by atoms with Crippen molar-refractivity contribution in [1.82, 2.24) is 5.43 Å². The number of nitrogens with two attached hydrogens (primary N) is 1. The molecule has 1 unspecified atom stereocenters. The van der Waals surface area contributed by atoms with Crippen molar-refractivity contribution in [3.05, 3.63) is 67.9 Å². The maximum absolute atomic E-state index is 14.2. The Morgan fingerprint density at radius 3 is 2.32 bits per heavy atom. The van der Waals surface area contributed by atoms with E-state index in [9.17, 15) is 4.39 Å². The molecule has 2 aromatic rings. The SMILES string of the molecule is NNC(c1ccc(Cl)cc1)c1ccc(Br)c(Cl)c1F. The van der Waals surface area contributed by atoms with Gasteiger partial charge in [0.25, 0.3) is 0 Å². The average Bonchev–Trinajstić information content (AvgIpc) is 2.41. The van der Waals surface area contributed by atoms with E-state index in [1.807, 2.05) is 0 Å². The lowest BCUT2D eigenvalue weighted by molar-refractivity contribution is 0.560. The molecular weight excluding hydrogens is 354 g/mol. The highest BCUT2D eigenvalue weighted by atomic mass is 79.9. The Hall–Kier alpha value is -0.650. The minimum Gasteiger partial charge on any atom is -0.271 e. The van der Waals surface area contributed by atoms with Crippen molar-refractivity contribution in [1.29, 1.82) is 0 Å². The quantitative estimate of drug-likeness (QED) is 0.480. The maximum Gasteiger partial charge on any atom is 0.148 e. The fourth-order valence-corrected chi connectivity index (χ4v) is 2.39. The molecule has 3 N–H and O–H groups in total. The third-order valence-corrected chi connectivity index (χ3v) is 4.26. The first-order valence-corrected chi connectivity index (χ1v) is 6.94. The second-order valence-corrected chi connectivity index (χ2v) is 5.58. The van der Waals surface area contributed by atoms with Crippen LogP contribution in [0.25, 0.3) is 0 Å². The molecule has 0 aliphatic heterocycles. The number of benzene rings is 2. The van der Waals surface area contributed by atoms with Gasteiger partial charge >= 0.3 is 0 Å². The predicted molar refractivity (Wildman–Crippen MR) is 79.7 cm³/mol. The van der Waals surface area contributed by atoms with Crippen LogP contribution >= 0.6 is 39.1 Å². The van der Waals surface area contributed by atoms with Crippen molar-refractivity contribution in [3.63, 3.8) is 0 Å². The first-order valence-electron chi connectivity index (χ1n) is 5.39. The molecule has 0 spiro atoms. The Labute approximate surface area is 128 Å². The van der Waals surface area contributed by atoms with Gasteiger partial charge in [-0.05, 0) is 39.7 Å². The number of rotatable bonds is 3. The Morgan fingerprint density at radius 1 is 1.11 bits per heavy atom. The summed E-state index contributed by atoms with van der Waals surface area (Å²) in [6.45, 7) is 0. The number of halogens is 4. The molecule has 0 heterocycles. The van der Waals surface area contributed by atoms with Crippen molar-refractivity contribution in [2.24, 2.45) is 5.84 Å². The van der Waals surface area contributed by atoms with Crippen LogP contribution in [0.4, 0.5) is 4.39 Å². The van der Waals surface area contributed by atoms with Crippen LogP contribution in [0.15, 0.2) is 40.9 Å². The molecule has 0 saturated carbocycles. The molecule has 2 nitrogen and oxygen atoms in total. The van der Waals surface area contributed by atoms with Gasteiger partial charge in [0.1, 0.15) is 5.82 Å². The third kappa shape index (κ3) is 3.09. The van der Waals surface area contributed by atoms with Crippen LogP contribution in [-0.2, 0) is 0 Å². The van der Waals surface area contributed by atoms with Crippen LogP contribution in [0.5, 0.6) is 0 Å². The second-order valence-electron chi connectivity index (χ2n) is 3.92. The van der Waals surface area contributed by atoms with Gasteiger partial charge in [-0.3, -0.25) is 5.84 Å². The van der Waals surface area contributed by atoms with Gasteiger partial charge in [-0.15, -0.1) is 0 Å². The summed E-state index contributed by atoms with van der Waals surface area (Å²) in [4.78, 5) is 0. The van der Waals surface area contributed by atoms with E-state index < -0.39 is 11.9 Å². The zero-order chi connectivity index (χ0) is 14.0. The van der Waals surface area contributed by atoms with Crippen LogP contribution < -0.4 is 11.3 Å². The van der Waals surface area contributed by atoms with Gasteiger partial charge in [-0.25, -0.2) is 9.82 Å². The molecule has 1 atom stereocenters. The lowest BCUT2D eigenvalue weighted by Gasteiger charge is -2.18. The predicted octanol–water partition coefficient (Wildman–Crippen LogP) is 4.45. The lowest BCUT2D eigenvalue weighted by atomic mass is 9.99. The van der Waals surface area contributed by atoms with Gasteiger partial charge in [0.2, 0.25) is 0 Å². The molecule has 0 amide bonds. The van der Waals surface area contributed by atoms with Crippen LogP contribution in [0.1, 0.15) is 17.2 Å². The molecule has 0 fully saturated rings. The van der Waals surface area contributed by atoms with E-state index in [1.165, 1.54) is 0 Å². The van der Waals surface area contributed by atoms with Gasteiger partial charge in [0.05, 0.1) is 11.1 Å². The highest BCUT2D eigenvalue weighted by Gasteiger charge is 2.19. The summed E-state index contributed by atoms with van der Waals surface area (Å²) >= 11 is 14.9. The molecule has 19 heavy (non-hydrogen) atoms. The van der Waals surface area contributed by atoms with Crippen LogP contribution in [-0.4, -0.2) is 0 Å². The van der Waals surface area contributed by atoms with Gasteiger partial charge in [-0.1, -0.05) is 41.4 Å². The summed E-state index contributed by atoms with van der Waals surface area (Å²) in [5.41, 5.74) is 3.75. The minimum atomic E-state index is -0.506. The van der Waals surface area contributed by atoms with Crippen molar-refractivity contribution in [2.75, 3.05) is 0 Å². The van der Waals surface area contributed by atoms with Gasteiger partial charge in [0.15, 0.2) is 0 Å². The number of hydrogen-bond acceptors (Lipinski definition) is 2. The van der Waals surface area contributed by atoms with Crippen molar-refractivity contribution in [2.45, 2.75) is 6.04 Å². The van der Waals surface area contributed by atoms with E-state index in [-0.39, 0.29) is 5.02 Å². The van der Waals surface area contributed by atoms with E-state index in [4.69, 9.17) is 29.0 Å². The number of nitrogens with one attached hydrogen (secondary N) is 1. The van der Waals surface area contributed by atoms with Crippen LogP contribution in [0, 0.1) is 5.82 Å². The Morgan fingerprint density at radius 2 is 1.74 bits per heavy atom. The standard InChI is InChI=1S/C13H10BrCl2FN2/c14-10-6-5-9(12(17)11(10)16)13(19-18)7-1-3-8(15)4-2-7/h1-6,13,19H,18H2. The third-order valence-electron chi connectivity index (χ3n) is 2.75. The topological polar surface area (TPSA) is 38.0 Å². The zero-order valence-electron chi connectivity index (χ0n) is 9.63. The fraction of sp³-hybridized carbons (Fsp3) is 0.0769. The molecule has 0 aliphatic carbocycles. The summed E-state index contributed by atoms with van der Waals surface area (Å²) in [7, 11) is 0. The molecule has 0 aliphatic rings. The first kappa shape index (κ1) is 14.8. The minimum absolute atomic E-state index is 0.0340. The molecule has 0 radical (unpaired) electrons. The van der Waals surface area contributed by atoms with E-state index >= 15 is 0 Å². The summed E-state index contributed by atoms with van der Waals surface area (Å²) in [5, 5.41) is 0.639. The van der Waals surface area contributed by atoms with E-state index in [0.717, 1.165) is 5.56 Å². The van der Waals surface area contributed by atoms with E-state index in [0.29, 0.717) is 15.1 Å². The molecule has 0 aromatic heterocycles. The zero-order valence-corrected chi connectivity index (χ0v) is 12.7. The maximum atomic E-state index is 14.2. The summed E-state index contributed by atoms with van der Waals surface area (Å²) < 4.78 is 14.7. The Kier molecular flexibility index (Phi) is 4.81. The van der Waals surface area contributed by atoms with Crippen molar-refractivity contribution in [3.8, 4) is 0 Å². The molecule has 6 heteroatoms.